The molecule has 0 radical (unpaired) electrons. The van der Waals surface area contributed by atoms with E-state index in [1.54, 1.807) is 0 Å². The second kappa shape index (κ2) is 4.40. The van der Waals surface area contributed by atoms with Gasteiger partial charge in [-0.25, -0.2) is 4.98 Å². The van der Waals surface area contributed by atoms with Gasteiger partial charge in [-0.2, -0.15) is 8.78 Å². The lowest BCUT2D eigenvalue weighted by Crippen LogP contribution is -2.56. The molecule has 5 nitrogen and oxygen atoms in total. The van der Waals surface area contributed by atoms with Crippen LogP contribution >= 0.6 is 0 Å². The smallest absolute Gasteiger partial charge is 0.323 e. The summed E-state index contributed by atoms with van der Waals surface area (Å²) in [5.74, 6) is -0.786. The van der Waals surface area contributed by atoms with Crippen molar-refractivity contribution in [3.63, 3.8) is 0 Å². The first kappa shape index (κ1) is 12.0. The van der Waals surface area contributed by atoms with Crippen molar-refractivity contribution in [1.29, 1.82) is 0 Å². The average molecular weight is 245 g/mol. The molecular formula is C10H13F2N3O2. The van der Waals surface area contributed by atoms with Crippen molar-refractivity contribution in [2.45, 2.75) is 37.9 Å². The van der Waals surface area contributed by atoms with Crippen molar-refractivity contribution < 1.29 is 18.7 Å². The van der Waals surface area contributed by atoms with E-state index in [0.717, 1.165) is 11.0 Å². The van der Waals surface area contributed by atoms with Gasteiger partial charge in [-0.05, 0) is 19.3 Å². The molecule has 0 atom stereocenters. The summed E-state index contributed by atoms with van der Waals surface area (Å²) in [6.07, 6.45) is 4.34. The van der Waals surface area contributed by atoms with Crippen LogP contribution in [0.4, 0.5) is 8.78 Å². The number of hydrogen-bond donors (Lipinski definition) is 2. The van der Waals surface area contributed by atoms with E-state index in [1.807, 2.05) is 0 Å². The molecule has 0 amide bonds. The lowest BCUT2D eigenvalue weighted by Gasteiger charge is -2.38. The van der Waals surface area contributed by atoms with E-state index >= 15 is 0 Å². The first-order valence-electron chi connectivity index (χ1n) is 5.33. The molecule has 1 aromatic rings. The van der Waals surface area contributed by atoms with Gasteiger partial charge in [0, 0.05) is 12.4 Å². The van der Waals surface area contributed by atoms with Crippen LogP contribution in [0.1, 0.15) is 31.6 Å². The summed E-state index contributed by atoms with van der Waals surface area (Å²) < 4.78 is 25.8. The number of carboxylic acid groups (broad SMARTS) is 1. The van der Waals surface area contributed by atoms with E-state index in [2.05, 4.69) is 10.3 Å². The van der Waals surface area contributed by atoms with Gasteiger partial charge in [-0.15, -0.1) is 0 Å². The fourth-order valence-corrected chi connectivity index (χ4v) is 1.90. The Balaban J connectivity index is 2.02. The topological polar surface area (TPSA) is 67.2 Å². The van der Waals surface area contributed by atoms with E-state index in [9.17, 15) is 13.6 Å². The molecule has 17 heavy (non-hydrogen) atoms. The molecule has 1 saturated carbocycles. The Bertz CT molecular complexity index is 415. The number of aliphatic carboxylic acids is 1. The maximum atomic E-state index is 12.5. The lowest BCUT2D eigenvalue weighted by atomic mass is 9.77. The van der Waals surface area contributed by atoms with Gasteiger partial charge in [0.05, 0.1) is 6.54 Å². The predicted octanol–water partition coefficient (Wildman–Crippen LogP) is 1.38. The van der Waals surface area contributed by atoms with Gasteiger partial charge in [0.1, 0.15) is 11.4 Å². The quantitative estimate of drug-likeness (QED) is 0.822. The number of aromatic nitrogens is 2. The number of carboxylic acids is 1. The summed E-state index contributed by atoms with van der Waals surface area (Å²) in [5, 5.41) is 11.9. The number of nitrogens with zero attached hydrogens (tertiary/aromatic N) is 2. The lowest BCUT2D eigenvalue weighted by molar-refractivity contribution is -0.148. The molecule has 0 aromatic carbocycles. The molecule has 7 heteroatoms. The maximum absolute atomic E-state index is 12.5. The molecule has 1 aliphatic carbocycles. The normalized spacial score (nSPS) is 18.1. The molecule has 1 aliphatic rings. The Hall–Kier alpha value is -1.50. The fourth-order valence-electron chi connectivity index (χ4n) is 1.90. The molecule has 0 unspecified atom stereocenters. The van der Waals surface area contributed by atoms with E-state index in [4.69, 9.17) is 5.11 Å². The SMILES string of the molecule is O=C(O)C1(NCc2nccn2C(F)F)CCC1. The van der Waals surface area contributed by atoms with Gasteiger partial charge in [0.25, 0.3) is 0 Å². The monoisotopic (exact) mass is 245 g/mol. The first-order chi connectivity index (χ1) is 8.05. The zero-order valence-electron chi connectivity index (χ0n) is 9.07. The molecular weight excluding hydrogens is 232 g/mol. The minimum absolute atomic E-state index is 0.0314. The van der Waals surface area contributed by atoms with Crippen molar-refractivity contribution >= 4 is 5.97 Å². The zero-order chi connectivity index (χ0) is 12.5. The van der Waals surface area contributed by atoms with Crippen molar-refractivity contribution in [1.82, 2.24) is 14.9 Å². The Morgan fingerprint density at radius 3 is 2.82 bits per heavy atom. The predicted molar refractivity (Wildman–Crippen MR) is 54.5 cm³/mol. The van der Waals surface area contributed by atoms with Crippen LogP contribution in [0.15, 0.2) is 12.4 Å². The largest absolute Gasteiger partial charge is 0.480 e. The summed E-state index contributed by atoms with van der Waals surface area (Å²) in [5.41, 5.74) is -0.959. The number of imidazole rings is 1. The van der Waals surface area contributed by atoms with E-state index < -0.39 is 18.1 Å². The molecule has 2 N–H and O–H groups in total. The highest BCUT2D eigenvalue weighted by molar-refractivity contribution is 5.79. The van der Waals surface area contributed by atoms with E-state index in [0.29, 0.717) is 12.8 Å². The molecule has 0 spiro atoms. The van der Waals surface area contributed by atoms with Crippen LogP contribution in [-0.2, 0) is 11.3 Å². The number of nitrogens with one attached hydrogen (secondary N) is 1. The Labute approximate surface area is 96.5 Å². The number of rotatable bonds is 5. The molecule has 0 aliphatic heterocycles. The molecule has 1 fully saturated rings. The standard InChI is InChI=1S/C10H13F2N3O2/c11-9(12)15-5-4-13-7(15)6-14-10(8(16)17)2-1-3-10/h4-5,9,14H,1-3,6H2,(H,16,17). The zero-order valence-corrected chi connectivity index (χ0v) is 9.07. The molecule has 0 saturated heterocycles. The Morgan fingerprint density at radius 1 is 1.65 bits per heavy atom. The van der Waals surface area contributed by atoms with Gasteiger partial charge in [-0.3, -0.25) is 14.7 Å². The van der Waals surface area contributed by atoms with E-state index in [-0.39, 0.29) is 12.4 Å². The average Bonchev–Trinajstić information content (AvgIpc) is 2.63. The molecule has 94 valence electrons. The summed E-state index contributed by atoms with van der Waals surface area (Å²) >= 11 is 0. The summed E-state index contributed by atoms with van der Waals surface area (Å²) in [7, 11) is 0. The Kier molecular flexibility index (Phi) is 3.10. The Morgan fingerprint density at radius 2 is 2.35 bits per heavy atom. The molecule has 0 bridgehead atoms. The highest BCUT2D eigenvalue weighted by Gasteiger charge is 2.44. The van der Waals surface area contributed by atoms with Gasteiger partial charge >= 0.3 is 12.5 Å². The highest BCUT2D eigenvalue weighted by atomic mass is 19.3. The number of alkyl halides is 2. The third-order valence-electron chi connectivity index (χ3n) is 3.16. The van der Waals surface area contributed by atoms with Crippen LogP contribution in [0.25, 0.3) is 0 Å². The van der Waals surface area contributed by atoms with Crippen LogP contribution in [0.5, 0.6) is 0 Å². The third kappa shape index (κ3) is 2.14. The second-order valence-corrected chi connectivity index (χ2v) is 4.12. The van der Waals surface area contributed by atoms with Crippen LogP contribution in [0.3, 0.4) is 0 Å². The van der Waals surface area contributed by atoms with Crippen molar-refractivity contribution in [2.75, 3.05) is 0 Å². The molecule has 2 rings (SSSR count). The summed E-state index contributed by atoms with van der Waals surface area (Å²) in [6.45, 7) is -2.62. The van der Waals surface area contributed by atoms with Gasteiger partial charge < -0.3 is 5.11 Å². The van der Waals surface area contributed by atoms with Crippen LogP contribution < -0.4 is 5.32 Å². The third-order valence-corrected chi connectivity index (χ3v) is 3.16. The van der Waals surface area contributed by atoms with E-state index in [1.165, 1.54) is 12.4 Å². The number of halogens is 2. The minimum Gasteiger partial charge on any atom is -0.480 e. The van der Waals surface area contributed by atoms with Gasteiger partial charge in [-0.1, -0.05) is 0 Å². The summed E-state index contributed by atoms with van der Waals surface area (Å²) in [4.78, 5) is 14.8. The number of carbonyl (C=O) groups is 1. The van der Waals surface area contributed by atoms with Crippen LogP contribution in [0.2, 0.25) is 0 Å². The first-order valence-corrected chi connectivity index (χ1v) is 5.33. The second-order valence-electron chi connectivity index (χ2n) is 4.12. The fraction of sp³-hybridized carbons (Fsp3) is 0.600. The minimum atomic E-state index is -2.66. The molecule has 1 aromatic heterocycles. The van der Waals surface area contributed by atoms with Crippen molar-refractivity contribution in [3.05, 3.63) is 18.2 Å². The van der Waals surface area contributed by atoms with Gasteiger partial charge in [0.15, 0.2) is 0 Å². The van der Waals surface area contributed by atoms with Crippen molar-refractivity contribution in [3.8, 4) is 0 Å². The van der Waals surface area contributed by atoms with Crippen LogP contribution in [0, 0.1) is 0 Å². The molecule has 1 heterocycles. The van der Waals surface area contributed by atoms with Gasteiger partial charge in [0.2, 0.25) is 0 Å². The van der Waals surface area contributed by atoms with Crippen LogP contribution in [-0.4, -0.2) is 26.2 Å². The summed E-state index contributed by atoms with van der Waals surface area (Å²) in [6, 6.07) is 0. The highest BCUT2D eigenvalue weighted by Crippen LogP contribution is 2.32. The maximum Gasteiger partial charge on any atom is 0.323 e. The van der Waals surface area contributed by atoms with Crippen molar-refractivity contribution in [2.24, 2.45) is 0 Å². The number of hydrogen-bond acceptors (Lipinski definition) is 3.